The lowest BCUT2D eigenvalue weighted by atomic mass is 9.96. The number of methoxy groups -OCH3 is 1. The molecule has 6 nitrogen and oxygen atoms in total. The van der Waals surface area contributed by atoms with Gasteiger partial charge in [-0.3, -0.25) is 9.97 Å². The first kappa shape index (κ1) is 22.1. The summed E-state index contributed by atoms with van der Waals surface area (Å²) in [5.41, 5.74) is 6.81. The predicted octanol–water partition coefficient (Wildman–Crippen LogP) is 5.07. The van der Waals surface area contributed by atoms with Crippen LogP contribution >= 0.6 is 12.2 Å². The summed E-state index contributed by atoms with van der Waals surface area (Å²) in [6.07, 6.45) is 5.48. The Morgan fingerprint density at radius 3 is 2.44 bits per heavy atom. The lowest BCUT2D eigenvalue weighted by Crippen LogP contribution is -2.29. The van der Waals surface area contributed by atoms with Crippen LogP contribution in [0.3, 0.4) is 0 Å². The number of rotatable bonds is 6. The molecule has 1 N–H and O–H groups in total. The Morgan fingerprint density at radius 1 is 1.00 bits per heavy atom. The summed E-state index contributed by atoms with van der Waals surface area (Å²) in [6.45, 7) is 5.01. The van der Waals surface area contributed by atoms with Crippen LogP contribution in [-0.2, 0) is 6.54 Å². The molecule has 0 bridgehead atoms. The zero-order valence-corrected chi connectivity index (χ0v) is 20.3. The first-order chi connectivity index (χ1) is 16.6. The number of aromatic nitrogens is 3. The molecule has 0 amide bonds. The monoisotopic (exact) mass is 469 g/mol. The Hall–Kier alpha value is -3.71. The molecule has 0 spiro atoms. The van der Waals surface area contributed by atoms with E-state index in [0.29, 0.717) is 6.54 Å². The third-order valence-corrected chi connectivity index (χ3v) is 6.77. The molecule has 5 rings (SSSR count). The number of benzene rings is 1. The standard InChI is InChI=1S/C27H27N5OS/c1-18-16-23(19(2)32(18)21-7-9-22(33-3)10-8-21)26-25(24-6-4-5-13-29-24)30-27(34)31(26)17-20-11-14-28-15-12-20/h4-16,25-26H,17H2,1-3H3,(H,30,34)/t25-,26+/m0/s1. The molecule has 7 heteroatoms. The van der Waals surface area contributed by atoms with Crippen molar-refractivity contribution >= 4 is 17.3 Å². The number of aryl methyl sites for hydroxylation is 1. The van der Waals surface area contributed by atoms with Crippen LogP contribution in [0, 0.1) is 13.8 Å². The minimum Gasteiger partial charge on any atom is -0.497 e. The Labute approximate surface area is 205 Å². The number of hydrogen-bond acceptors (Lipinski definition) is 4. The Balaban J connectivity index is 1.60. The van der Waals surface area contributed by atoms with Crippen LogP contribution in [0.5, 0.6) is 5.75 Å². The van der Waals surface area contributed by atoms with Gasteiger partial charge in [-0.2, -0.15) is 0 Å². The minimum atomic E-state index is -0.0552. The van der Waals surface area contributed by atoms with E-state index in [1.807, 2.05) is 55.0 Å². The molecule has 0 aliphatic carbocycles. The predicted molar refractivity (Wildman–Crippen MR) is 137 cm³/mol. The van der Waals surface area contributed by atoms with Crippen molar-refractivity contribution < 1.29 is 4.74 Å². The zero-order chi connectivity index (χ0) is 23.7. The van der Waals surface area contributed by atoms with E-state index in [2.05, 4.69) is 62.9 Å². The molecule has 172 valence electrons. The summed E-state index contributed by atoms with van der Waals surface area (Å²) in [5.74, 6) is 0.843. The Bertz CT molecular complexity index is 1290. The summed E-state index contributed by atoms with van der Waals surface area (Å²) in [7, 11) is 1.68. The van der Waals surface area contributed by atoms with Crippen LogP contribution in [-0.4, -0.2) is 31.7 Å². The van der Waals surface area contributed by atoms with Crippen molar-refractivity contribution in [3.05, 3.63) is 107 Å². The minimum absolute atomic E-state index is 0.00577. The number of ether oxygens (including phenoxy) is 1. The van der Waals surface area contributed by atoms with E-state index >= 15 is 0 Å². The Kier molecular flexibility index (Phi) is 6.02. The average Bonchev–Trinajstić information content (AvgIpc) is 3.35. The van der Waals surface area contributed by atoms with Crippen molar-refractivity contribution in [3.63, 3.8) is 0 Å². The number of nitrogens with zero attached hydrogens (tertiary/aromatic N) is 4. The summed E-state index contributed by atoms with van der Waals surface area (Å²) in [4.78, 5) is 11.1. The summed E-state index contributed by atoms with van der Waals surface area (Å²) < 4.78 is 7.64. The van der Waals surface area contributed by atoms with E-state index < -0.39 is 0 Å². The van der Waals surface area contributed by atoms with Gasteiger partial charge in [-0.15, -0.1) is 0 Å². The molecule has 1 aromatic carbocycles. The van der Waals surface area contributed by atoms with Gasteiger partial charge in [-0.05, 0) is 91.8 Å². The van der Waals surface area contributed by atoms with Crippen molar-refractivity contribution in [2.24, 2.45) is 0 Å². The quantitative estimate of drug-likeness (QED) is 0.398. The molecule has 4 heterocycles. The number of pyridine rings is 2. The van der Waals surface area contributed by atoms with Gasteiger partial charge in [0.1, 0.15) is 5.75 Å². The van der Waals surface area contributed by atoms with Crippen LogP contribution in [0.2, 0.25) is 0 Å². The molecule has 3 aromatic heterocycles. The molecule has 0 unspecified atom stereocenters. The molecule has 1 aliphatic heterocycles. The van der Waals surface area contributed by atoms with Gasteiger partial charge >= 0.3 is 0 Å². The van der Waals surface area contributed by atoms with Crippen molar-refractivity contribution in [1.29, 1.82) is 0 Å². The van der Waals surface area contributed by atoms with Crippen molar-refractivity contribution in [2.75, 3.05) is 7.11 Å². The second-order valence-electron chi connectivity index (χ2n) is 8.47. The maximum atomic E-state index is 5.85. The van der Waals surface area contributed by atoms with Gasteiger partial charge in [-0.1, -0.05) is 6.07 Å². The van der Waals surface area contributed by atoms with Gasteiger partial charge in [0.25, 0.3) is 0 Å². The molecule has 4 aromatic rings. The highest BCUT2D eigenvalue weighted by Gasteiger charge is 2.41. The SMILES string of the molecule is COc1ccc(-n2c(C)cc([C@@H]3[C@H](c4ccccn4)NC(=S)N3Cc3ccncc3)c2C)cc1. The summed E-state index contributed by atoms with van der Waals surface area (Å²) in [5, 5.41) is 4.28. The van der Waals surface area contributed by atoms with Crippen molar-refractivity contribution in [2.45, 2.75) is 32.5 Å². The second-order valence-corrected chi connectivity index (χ2v) is 8.86. The summed E-state index contributed by atoms with van der Waals surface area (Å²) >= 11 is 5.85. The topological polar surface area (TPSA) is 55.2 Å². The second kappa shape index (κ2) is 9.27. The van der Waals surface area contributed by atoms with Crippen LogP contribution in [0.15, 0.2) is 79.3 Å². The highest BCUT2D eigenvalue weighted by molar-refractivity contribution is 7.80. The van der Waals surface area contributed by atoms with Gasteiger partial charge in [0, 0.05) is 42.2 Å². The van der Waals surface area contributed by atoms with E-state index in [9.17, 15) is 0 Å². The molecule has 1 saturated heterocycles. The molecule has 0 saturated carbocycles. The maximum absolute atomic E-state index is 5.85. The molecular weight excluding hydrogens is 442 g/mol. The normalized spacial score (nSPS) is 17.6. The van der Waals surface area contributed by atoms with Gasteiger partial charge in [0.2, 0.25) is 0 Å². The van der Waals surface area contributed by atoms with Crippen LogP contribution in [0.25, 0.3) is 5.69 Å². The fourth-order valence-corrected chi connectivity index (χ4v) is 5.12. The molecule has 1 fully saturated rings. The van der Waals surface area contributed by atoms with E-state index in [1.54, 1.807) is 7.11 Å². The summed E-state index contributed by atoms with van der Waals surface area (Å²) in [6, 6.07) is 20.5. The average molecular weight is 470 g/mol. The highest BCUT2D eigenvalue weighted by atomic mass is 32.1. The zero-order valence-electron chi connectivity index (χ0n) is 19.5. The Morgan fingerprint density at radius 2 is 1.76 bits per heavy atom. The van der Waals surface area contributed by atoms with E-state index in [-0.39, 0.29) is 12.1 Å². The molecular formula is C27H27N5OS. The van der Waals surface area contributed by atoms with Gasteiger partial charge in [0.05, 0.1) is 24.9 Å². The van der Waals surface area contributed by atoms with Crippen LogP contribution in [0.4, 0.5) is 0 Å². The van der Waals surface area contributed by atoms with E-state index in [1.165, 1.54) is 17.0 Å². The first-order valence-electron chi connectivity index (χ1n) is 11.3. The number of thiocarbonyl (C=S) groups is 1. The smallest absolute Gasteiger partial charge is 0.170 e. The molecule has 34 heavy (non-hydrogen) atoms. The van der Waals surface area contributed by atoms with E-state index in [0.717, 1.165) is 27.8 Å². The molecule has 0 radical (unpaired) electrons. The highest BCUT2D eigenvalue weighted by Crippen LogP contribution is 2.42. The fourth-order valence-electron chi connectivity index (χ4n) is 4.81. The number of nitrogens with one attached hydrogen (secondary N) is 1. The van der Waals surface area contributed by atoms with Crippen molar-refractivity contribution in [3.8, 4) is 11.4 Å². The van der Waals surface area contributed by atoms with Gasteiger partial charge < -0.3 is 19.5 Å². The van der Waals surface area contributed by atoms with Crippen LogP contribution < -0.4 is 10.1 Å². The largest absolute Gasteiger partial charge is 0.497 e. The van der Waals surface area contributed by atoms with Crippen LogP contribution in [0.1, 0.15) is 40.3 Å². The molecule has 1 aliphatic rings. The molecule has 2 atom stereocenters. The third-order valence-electron chi connectivity index (χ3n) is 6.42. The number of hydrogen-bond donors (Lipinski definition) is 1. The lowest BCUT2D eigenvalue weighted by molar-refractivity contribution is 0.310. The third kappa shape index (κ3) is 4.03. The lowest BCUT2D eigenvalue weighted by Gasteiger charge is -2.28. The van der Waals surface area contributed by atoms with E-state index in [4.69, 9.17) is 17.0 Å². The van der Waals surface area contributed by atoms with Gasteiger partial charge in [0.15, 0.2) is 5.11 Å². The first-order valence-corrected chi connectivity index (χ1v) is 11.7. The van der Waals surface area contributed by atoms with Gasteiger partial charge in [-0.25, -0.2) is 0 Å². The van der Waals surface area contributed by atoms with Crippen molar-refractivity contribution in [1.82, 2.24) is 24.8 Å². The fraction of sp³-hybridized carbons (Fsp3) is 0.222. The maximum Gasteiger partial charge on any atom is 0.170 e.